The summed E-state index contributed by atoms with van der Waals surface area (Å²) >= 11 is 0. The molecule has 0 fully saturated rings. The molecule has 1 rings (SSSR count). The first-order valence-corrected chi connectivity index (χ1v) is 6.05. The van der Waals surface area contributed by atoms with E-state index in [1.165, 1.54) is 0 Å². The Morgan fingerprint density at radius 3 is 2.53 bits per heavy atom. The van der Waals surface area contributed by atoms with Gasteiger partial charge in [0.05, 0.1) is 17.7 Å². The Balaban J connectivity index is 2.57. The number of nitrogens with one attached hydrogen (secondary N) is 1. The highest BCUT2D eigenvalue weighted by Crippen LogP contribution is 2.15. The van der Waals surface area contributed by atoms with Crippen LogP contribution in [0.1, 0.15) is 37.5 Å². The van der Waals surface area contributed by atoms with E-state index in [1.807, 2.05) is 19.9 Å². The summed E-state index contributed by atoms with van der Waals surface area (Å²) in [6.07, 6.45) is -0.493. The zero-order chi connectivity index (χ0) is 14.5. The van der Waals surface area contributed by atoms with E-state index in [1.54, 1.807) is 24.3 Å². The van der Waals surface area contributed by atoms with Crippen molar-refractivity contribution < 1.29 is 9.90 Å². The van der Waals surface area contributed by atoms with Crippen molar-refractivity contribution in [3.63, 3.8) is 0 Å². The molecule has 4 N–H and O–H groups in total. The number of benzene rings is 1. The molecule has 0 aromatic heterocycles. The minimum atomic E-state index is -0.695. The topological polar surface area (TPSA) is 99.1 Å². The fourth-order valence-corrected chi connectivity index (χ4v) is 1.77. The van der Waals surface area contributed by atoms with Crippen molar-refractivity contribution in [3.05, 3.63) is 35.4 Å². The number of carbonyl (C=O) groups is 1. The number of β-amino-alcohol motifs (C(OH)–C–C–N with tert-alkyl or cyclic N) is 1. The van der Waals surface area contributed by atoms with Crippen LogP contribution in [0.5, 0.6) is 0 Å². The Morgan fingerprint density at radius 1 is 1.47 bits per heavy atom. The summed E-state index contributed by atoms with van der Waals surface area (Å²) in [5, 5.41) is 21.8. The number of primary amides is 1. The van der Waals surface area contributed by atoms with E-state index >= 15 is 0 Å². The lowest BCUT2D eigenvalue weighted by Gasteiger charge is -2.26. The molecule has 102 valence electrons. The summed E-state index contributed by atoms with van der Waals surface area (Å²) in [5.41, 5.74) is 5.97. The predicted molar refractivity (Wildman–Crippen MR) is 72.0 cm³/mol. The maximum absolute atomic E-state index is 10.9. The van der Waals surface area contributed by atoms with Crippen LogP contribution in [0.4, 0.5) is 0 Å². The van der Waals surface area contributed by atoms with Crippen molar-refractivity contribution in [2.75, 3.05) is 6.54 Å². The number of hydrogen-bond acceptors (Lipinski definition) is 4. The van der Waals surface area contributed by atoms with Crippen LogP contribution in [0.25, 0.3) is 0 Å². The smallest absolute Gasteiger partial charge is 0.219 e. The molecule has 0 saturated carbocycles. The molecule has 1 amide bonds. The molecule has 0 heterocycles. The van der Waals surface area contributed by atoms with Crippen LogP contribution < -0.4 is 11.1 Å². The van der Waals surface area contributed by atoms with Gasteiger partial charge in [0.1, 0.15) is 0 Å². The molecule has 0 bridgehead atoms. The fourth-order valence-electron chi connectivity index (χ4n) is 1.77. The van der Waals surface area contributed by atoms with Gasteiger partial charge in [-0.3, -0.25) is 4.79 Å². The Kier molecular flexibility index (Phi) is 5.04. The number of nitrogens with zero attached hydrogens (tertiary/aromatic N) is 1. The zero-order valence-electron chi connectivity index (χ0n) is 11.2. The number of carbonyl (C=O) groups excluding carboxylic acids is 1. The van der Waals surface area contributed by atoms with Crippen molar-refractivity contribution in [3.8, 4) is 6.07 Å². The standard InChI is InChI=1S/C14H19N3O2/c1-14(2,7-13(16)19)17-9-12(18)11-5-3-10(8-15)4-6-11/h3-6,12,17-18H,7,9H2,1-2H3,(H2,16,19). The molecule has 0 radical (unpaired) electrons. The number of rotatable bonds is 6. The van der Waals surface area contributed by atoms with Gasteiger partial charge in [-0.2, -0.15) is 5.26 Å². The summed E-state index contributed by atoms with van der Waals surface area (Å²) in [5.74, 6) is -0.384. The maximum atomic E-state index is 10.9. The number of aliphatic hydroxyl groups excluding tert-OH is 1. The highest BCUT2D eigenvalue weighted by atomic mass is 16.3. The zero-order valence-corrected chi connectivity index (χ0v) is 11.2. The fraction of sp³-hybridized carbons (Fsp3) is 0.429. The average molecular weight is 261 g/mol. The van der Waals surface area contributed by atoms with Crippen molar-refractivity contribution >= 4 is 5.91 Å². The lowest BCUT2D eigenvalue weighted by atomic mass is 9.99. The van der Waals surface area contributed by atoms with E-state index in [0.717, 1.165) is 5.56 Å². The monoisotopic (exact) mass is 261 g/mol. The van der Waals surface area contributed by atoms with Crippen LogP contribution in [0.2, 0.25) is 0 Å². The van der Waals surface area contributed by atoms with E-state index in [0.29, 0.717) is 12.1 Å². The quantitative estimate of drug-likeness (QED) is 0.706. The van der Waals surface area contributed by atoms with E-state index in [4.69, 9.17) is 11.0 Å². The number of amides is 1. The van der Waals surface area contributed by atoms with E-state index in [2.05, 4.69) is 5.32 Å². The molecule has 19 heavy (non-hydrogen) atoms. The van der Waals surface area contributed by atoms with Crippen LogP contribution in [0.3, 0.4) is 0 Å². The van der Waals surface area contributed by atoms with Gasteiger partial charge in [-0.05, 0) is 31.5 Å². The molecule has 0 aliphatic rings. The van der Waals surface area contributed by atoms with E-state index < -0.39 is 11.6 Å². The third kappa shape index (κ3) is 5.08. The number of nitrogens with two attached hydrogens (primary N) is 1. The molecule has 0 spiro atoms. The SMILES string of the molecule is CC(C)(CC(N)=O)NCC(O)c1ccc(C#N)cc1. The summed E-state index contributed by atoms with van der Waals surface area (Å²) in [6.45, 7) is 4.01. The van der Waals surface area contributed by atoms with E-state index in [9.17, 15) is 9.90 Å². The summed E-state index contributed by atoms with van der Waals surface area (Å²) in [6, 6.07) is 8.77. The Morgan fingerprint density at radius 2 is 2.05 bits per heavy atom. The van der Waals surface area contributed by atoms with Crippen LogP contribution in [0, 0.1) is 11.3 Å². The van der Waals surface area contributed by atoms with Crippen LogP contribution in [0.15, 0.2) is 24.3 Å². The van der Waals surface area contributed by atoms with Crippen LogP contribution >= 0.6 is 0 Å². The molecule has 5 nitrogen and oxygen atoms in total. The van der Waals surface area contributed by atoms with Crippen LogP contribution in [-0.2, 0) is 4.79 Å². The summed E-state index contributed by atoms with van der Waals surface area (Å²) in [4.78, 5) is 10.9. The Bertz CT molecular complexity index is 474. The maximum Gasteiger partial charge on any atom is 0.219 e. The van der Waals surface area contributed by atoms with Gasteiger partial charge in [-0.15, -0.1) is 0 Å². The first-order valence-electron chi connectivity index (χ1n) is 6.05. The minimum Gasteiger partial charge on any atom is -0.387 e. The molecular formula is C14H19N3O2. The first kappa shape index (κ1) is 15.2. The molecule has 5 heteroatoms. The lowest BCUT2D eigenvalue weighted by Crippen LogP contribution is -2.44. The molecule has 0 saturated heterocycles. The van der Waals surface area contributed by atoms with Crippen molar-refractivity contribution in [1.82, 2.24) is 5.32 Å². The first-order chi connectivity index (χ1) is 8.84. The van der Waals surface area contributed by atoms with Gasteiger partial charge in [-0.1, -0.05) is 12.1 Å². The Hall–Kier alpha value is -1.90. The second-order valence-electron chi connectivity index (χ2n) is 5.16. The molecular weight excluding hydrogens is 242 g/mol. The predicted octanol–water partition coefficient (Wildman–Crippen LogP) is 0.835. The van der Waals surface area contributed by atoms with Crippen molar-refractivity contribution in [2.24, 2.45) is 5.73 Å². The minimum absolute atomic E-state index is 0.201. The van der Waals surface area contributed by atoms with Gasteiger partial charge in [0.2, 0.25) is 5.91 Å². The third-order valence-electron chi connectivity index (χ3n) is 2.81. The highest BCUT2D eigenvalue weighted by molar-refractivity contribution is 5.74. The molecule has 1 unspecified atom stereocenters. The van der Waals surface area contributed by atoms with Gasteiger partial charge in [0.15, 0.2) is 0 Å². The number of nitriles is 1. The normalized spacial score (nSPS) is 12.7. The highest BCUT2D eigenvalue weighted by Gasteiger charge is 2.21. The molecule has 0 aliphatic heterocycles. The van der Waals surface area contributed by atoms with Gasteiger partial charge in [-0.25, -0.2) is 0 Å². The summed E-state index contributed by atoms with van der Waals surface area (Å²) < 4.78 is 0. The van der Waals surface area contributed by atoms with Crippen LogP contribution in [-0.4, -0.2) is 23.1 Å². The second-order valence-corrected chi connectivity index (χ2v) is 5.16. The number of aliphatic hydroxyl groups is 1. The van der Waals surface area contributed by atoms with Crippen molar-refractivity contribution in [2.45, 2.75) is 31.9 Å². The average Bonchev–Trinajstić information content (AvgIpc) is 2.34. The number of hydrogen-bond donors (Lipinski definition) is 3. The van der Waals surface area contributed by atoms with Gasteiger partial charge in [0, 0.05) is 18.5 Å². The second kappa shape index (κ2) is 6.32. The van der Waals surface area contributed by atoms with Crippen molar-refractivity contribution in [1.29, 1.82) is 5.26 Å². The molecule has 1 aromatic carbocycles. The van der Waals surface area contributed by atoms with Gasteiger partial charge >= 0.3 is 0 Å². The van der Waals surface area contributed by atoms with Gasteiger partial charge < -0.3 is 16.2 Å². The lowest BCUT2D eigenvalue weighted by molar-refractivity contribution is -0.119. The van der Waals surface area contributed by atoms with E-state index in [-0.39, 0.29) is 12.3 Å². The molecule has 0 aliphatic carbocycles. The molecule has 1 atom stereocenters. The molecule has 1 aromatic rings. The van der Waals surface area contributed by atoms with Gasteiger partial charge in [0.25, 0.3) is 0 Å². The summed E-state index contributed by atoms with van der Waals surface area (Å²) in [7, 11) is 0. The Labute approximate surface area is 113 Å². The third-order valence-corrected chi connectivity index (χ3v) is 2.81. The largest absolute Gasteiger partial charge is 0.387 e.